The Morgan fingerprint density at radius 2 is 2.00 bits per heavy atom. The Morgan fingerprint density at radius 3 is 2.88 bits per heavy atom. The highest BCUT2D eigenvalue weighted by molar-refractivity contribution is 5.81. The predicted molar refractivity (Wildman–Crippen MR) is 71.0 cm³/mol. The minimum Gasteiger partial charge on any atom is -0.317 e. The van der Waals surface area contributed by atoms with Crippen molar-refractivity contribution in [1.29, 1.82) is 0 Å². The molecule has 3 rings (SSSR count). The topological polar surface area (TPSA) is 24.9 Å². The second-order valence-corrected chi connectivity index (χ2v) is 4.95. The zero-order valence-corrected chi connectivity index (χ0v) is 10.0. The fourth-order valence-electron chi connectivity index (χ4n) is 2.68. The molecule has 1 fully saturated rings. The smallest absolute Gasteiger partial charge is 0.0346 e. The minimum absolute atomic E-state index is 0.857. The number of benzene rings is 1. The summed E-state index contributed by atoms with van der Waals surface area (Å²) in [5.74, 6) is 0.857. The molecular weight excluding hydrogens is 208 g/mol. The SMILES string of the molecule is c1cc2cc(CC3CCNCC3)ccc2cn1. The Labute approximate surface area is 102 Å². The largest absolute Gasteiger partial charge is 0.317 e. The maximum atomic E-state index is 4.15. The molecule has 0 amide bonds. The number of pyridine rings is 1. The molecule has 2 heteroatoms. The summed E-state index contributed by atoms with van der Waals surface area (Å²) >= 11 is 0. The zero-order valence-electron chi connectivity index (χ0n) is 10.0. The van der Waals surface area contributed by atoms with Crippen molar-refractivity contribution in [3.63, 3.8) is 0 Å². The van der Waals surface area contributed by atoms with E-state index in [0.29, 0.717) is 0 Å². The second-order valence-electron chi connectivity index (χ2n) is 4.95. The highest BCUT2D eigenvalue weighted by Crippen LogP contribution is 2.21. The van der Waals surface area contributed by atoms with Crippen LogP contribution in [0.2, 0.25) is 0 Å². The highest BCUT2D eigenvalue weighted by Gasteiger charge is 2.13. The summed E-state index contributed by atoms with van der Waals surface area (Å²) in [5, 5.41) is 5.97. The summed E-state index contributed by atoms with van der Waals surface area (Å²) in [7, 11) is 0. The lowest BCUT2D eigenvalue weighted by molar-refractivity contribution is 0.373. The number of nitrogens with one attached hydrogen (secondary N) is 1. The van der Waals surface area contributed by atoms with Gasteiger partial charge >= 0.3 is 0 Å². The average molecular weight is 226 g/mol. The predicted octanol–water partition coefficient (Wildman–Crippen LogP) is 2.78. The Kier molecular flexibility index (Phi) is 3.06. The van der Waals surface area contributed by atoms with Crippen LogP contribution >= 0.6 is 0 Å². The summed E-state index contributed by atoms with van der Waals surface area (Å²) < 4.78 is 0. The van der Waals surface area contributed by atoms with Gasteiger partial charge in [-0.1, -0.05) is 18.2 Å². The third-order valence-corrected chi connectivity index (χ3v) is 3.69. The third-order valence-electron chi connectivity index (χ3n) is 3.69. The molecule has 0 unspecified atom stereocenters. The number of piperidine rings is 1. The highest BCUT2D eigenvalue weighted by atomic mass is 14.9. The van der Waals surface area contributed by atoms with Gasteiger partial charge in [-0.2, -0.15) is 0 Å². The van der Waals surface area contributed by atoms with Gasteiger partial charge in [-0.25, -0.2) is 0 Å². The van der Waals surface area contributed by atoms with Crippen LogP contribution < -0.4 is 5.32 Å². The molecule has 17 heavy (non-hydrogen) atoms. The molecular formula is C15H18N2. The average Bonchev–Trinajstić information content (AvgIpc) is 2.40. The van der Waals surface area contributed by atoms with Gasteiger partial charge in [0.25, 0.3) is 0 Å². The van der Waals surface area contributed by atoms with Gasteiger partial charge in [0.2, 0.25) is 0 Å². The van der Waals surface area contributed by atoms with Crippen molar-refractivity contribution < 1.29 is 0 Å². The molecule has 0 saturated carbocycles. The monoisotopic (exact) mass is 226 g/mol. The zero-order chi connectivity index (χ0) is 11.5. The van der Waals surface area contributed by atoms with Crippen molar-refractivity contribution in [2.75, 3.05) is 13.1 Å². The van der Waals surface area contributed by atoms with Crippen LogP contribution in [0.5, 0.6) is 0 Å². The third kappa shape index (κ3) is 2.47. The van der Waals surface area contributed by atoms with Crippen LogP contribution in [0.4, 0.5) is 0 Å². The van der Waals surface area contributed by atoms with E-state index in [1.165, 1.54) is 48.7 Å². The summed E-state index contributed by atoms with van der Waals surface area (Å²) in [6.45, 7) is 2.37. The number of hydrogen-bond donors (Lipinski definition) is 1. The molecule has 0 aliphatic carbocycles. The van der Waals surface area contributed by atoms with Gasteiger partial charge in [0.05, 0.1) is 0 Å². The maximum absolute atomic E-state index is 4.15. The lowest BCUT2D eigenvalue weighted by Gasteiger charge is -2.22. The lowest BCUT2D eigenvalue weighted by Crippen LogP contribution is -2.28. The van der Waals surface area contributed by atoms with Crippen LogP contribution in [-0.4, -0.2) is 18.1 Å². The van der Waals surface area contributed by atoms with Crippen molar-refractivity contribution in [3.05, 3.63) is 42.2 Å². The maximum Gasteiger partial charge on any atom is 0.0346 e. The molecule has 2 nitrogen and oxygen atoms in total. The van der Waals surface area contributed by atoms with E-state index in [9.17, 15) is 0 Å². The van der Waals surface area contributed by atoms with E-state index in [2.05, 4.69) is 34.6 Å². The summed E-state index contributed by atoms with van der Waals surface area (Å²) in [6, 6.07) is 8.87. The summed E-state index contributed by atoms with van der Waals surface area (Å²) in [6.07, 6.45) is 7.66. The molecule has 1 aliphatic heterocycles. The van der Waals surface area contributed by atoms with E-state index >= 15 is 0 Å². The van der Waals surface area contributed by atoms with Gasteiger partial charge in [0.1, 0.15) is 0 Å². The van der Waals surface area contributed by atoms with Gasteiger partial charge in [0, 0.05) is 17.8 Å². The molecule has 0 spiro atoms. The molecule has 1 saturated heterocycles. The first-order valence-corrected chi connectivity index (χ1v) is 6.45. The van der Waals surface area contributed by atoms with Gasteiger partial charge in [-0.15, -0.1) is 0 Å². The Bertz CT molecular complexity index is 501. The quantitative estimate of drug-likeness (QED) is 0.851. The van der Waals surface area contributed by atoms with Crippen molar-refractivity contribution in [1.82, 2.24) is 10.3 Å². The Hall–Kier alpha value is -1.41. The van der Waals surface area contributed by atoms with E-state index in [-0.39, 0.29) is 0 Å². The molecule has 0 bridgehead atoms. The fraction of sp³-hybridized carbons (Fsp3) is 0.400. The Balaban J connectivity index is 1.80. The van der Waals surface area contributed by atoms with Gasteiger partial charge in [-0.05, 0) is 55.3 Å². The van der Waals surface area contributed by atoms with Crippen LogP contribution in [0.3, 0.4) is 0 Å². The fourth-order valence-corrected chi connectivity index (χ4v) is 2.68. The van der Waals surface area contributed by atoms with E-state index in [0.717, 1.165) is 5.92 Å². The van der Waals surface area contributed by atoms with Crippen LogP contribution in [-0.2, 0) is 6.42 Å². The van der Waals surface area contributed by atoms with Crippen LogP contribution in [0, 0.1) is 5.92 Å². The van der Waals surface area contributed by atoms with Crippen LogP contribution in [0.1, 0.15) is 18.4 Å². The number of nitrogens with zero attached hydrogens (tertiary/aromatic N) is 1. The van der Waals surface area contributed by atoms with E-state index in [1.54, 1.807) is 0 Å². The molecule has 1 aromatic carbocycles. The summed E-state index contributed by atoms with van der Waals surface area (Å²) in [5.41, 5.74) is 1.47. The molecule has 0 atom stereocenters. The molecule has 88 valence electrons. The van der Waals surface area contributed by atoms with Gasteiger partial charge in [0.15, 0.2) is 0 Å². The molecule has 1 aliphatic rings. The van der Waals surface area contributed by atoms with Crippen molar-refractivity contribution in [2.24, 2.45) is 5.92 Å². The van der Waals surface area contributed by atoms with Gasteiger partial charge in [-0.3, -0.25) is 4.98 Å². The normalized spacial score (nSPS) is 17.4. The molecule has 2 aromatic rings. The lowest BCUT2D eigenvalue weighted by atomic mass is 9.90. The number of hydrogen-bond acceptors (Lipinski definition) is 2. The van der Waals surface area contributed by atoms with Crippen molar-refractivity contribution >= 4 is 10.8 Å². The first-order valence-electron chi connectivity index (χ1n) is 6.45. The molecule has 2 heterocycles. The van der Waals surface area contributed by atoms with Crippen LogP contribution in [0.25, 0.3) is 10.8 Å². The molecule has 0 radical (unpaired) electrons. The number of fused-ring (bicyclic) bond motifs is 1. The first kappa shape index (κ1) is 10.7. The first-order chi connectivity index (χ1) is 8.42. The number of rotatable bonds is 2. The molecule has 1 N–H and O–H groups in total. The van der Waals surface area contributed by atoms with Crippen LogP contribution in [0.15, 0.2) is 36.7 Å². The summed E-state index contributed by atoms with van der Waals surface area (Å²) in [4.78, 5) is 4.15. The number of aromatic nitrogens is 1. The minimum atomic E-state index is 0.857. The van der Waals surface area contributed by atoms with Gasteiger partial charge < -0.3 is 5.32 Å². The van der Waals surface area contributed by atoms with Crippen molar-refractivity contribution in [3.8, 4) is 0 Å². The molecule has 1 aromatic heterocycles. The van der Waals surface area contributed by atoms with E-state index in [4.69, 9.17) is 0 Å². The Morgan fingerprint density at radius 1 is 1.12 bits per heavy atom. The van der Waals surface area contributed by atoms with E-state index in [1.807, 2.05) is 12.4 Å². The standard InChI is InChI=1S/C15H18N2/c1-2-15-11-17-8-5-14(15)10-13(1)9-12-3-6-16-7-4-12/h1-2,5,8,10-12,16H,3-4,6-7,9H2. The van der Waals surface area contributed by atoms with E-state index < -0.39 is 0 Å². The van der Waals surface area contributed by atoms with Crippen molar-refractivity contribution in [2.45, 2.75) is 19.3 Å². The second kappa shape index (κ2) is 4.84.